The highest BCUT2D eigenvalue weighted by molar-refractivity contribution is 7.13. The maximum Gasteiger partial charge on any atom is 0.273 e. The molecule has 0 saturated carbocycles. The summed E-state index contributed by atoms with van der Waals surface area (Å²) in [4.78, 5) is 26.6. The Labute approximate surface area is 217 Å². The zero-order chi connectivity index (χ0) is 25.2. The molecule has 1 amide bonds. The Morgan fingerprint density at radius 3 is 2.44 bits per heavy atom. The molecule has 0 aliphatic carbocycles. The predicted molar refractivity (Wildman–Crippen MR) is 143 cm³/mol. The zero-order valence-corrected chi connectivity index (χ0v) is 20.8. The molecule has 3 heterocycles. The molecule has 3 aromatic heterocycles. The number of hydrogen-bond donors (Lipinski definition) is 1. The first-order valence-corrected chi connectivity index (χ1v) is 12.7. The number of para-hydroxylation sites is 1. The molecule has 0 spiro atoms. The van der Waals surface area contributed by atoms with Crippen LogP contribution in [0.3, 0.4) is 0 Å². The van der Waals surface area contributed by atoms with Crippen molar-refractivity contribution in [2.24, 2.45) is 5.73 Å². The second-order valence-corrected chi connectivity index (χ2v) is 9.99. The number of nitrogens with two attached hydrogens (primary N) is 1. The van der Waals surface area contributed by atoms with Crippen LogP contribution in [-0.2, 0) is 4.79 Å². The Kier molecular flexibility index (Phi) is 6.40. The molecule has 36 heavy (non-hydrogen) atoms. The second-order valence-electron chi connectivity index (χ2n) is 7.57. The summed E-state index contributed by atoms with van der Waals surface area (Å²) in [6.45, 7) is 0. The molecule has 176 valence electrons. The Bertz CT molecular complexity index is 1790. The van der Waals surface area contributed by atoms with Crippen LogP contribution < -0.4 is 20.5 Å². The highest BCUT2D eigenvalue weighted by Gasteiger charge is 2.17. The third-order valence-corrected chi connectivity index (χ3v) is 7.51. The van der Waals surface area contributed by atoms with E-state index in [1.54, 1.807) is 35.0 Å². The van der Waals surface area contributed by atoms with Gasteiger partial charge in [0.1, 0.15) is 16.4 Å². The van der Waals surface area contributed by atoms with Crippen LogP contribution >= 0.6 is 34.3 Å². The molecule has 0 atom stereocenters. The number of carbonyl (C=O) groups excluding carboxylic acids is 1. The van der Waals surface area contributed by atoms with Crippen LogP contribution in [0.4, 0.5) is 0 Å². The van der Waals surface area contributed by atoms with Gasteiger partial charge in [-0.2, -0.15) is 10.4 Å². The van der Waals surface area contributed by atoms with Gasteiger partial charge in [0, 0.05) is 16.8 Å². The number of aromatic nitrogens is 3. The SMILES string of the molecule is N#CC(C(N)=O)=c1sc(=Cc2cn(-c3ccccc3)nc2-c2cccs2)c(=O)n1-c1ccc(Cl)cc1. The lowest BCUT2D eigenvalue weighted by Crippen LogP contribution is -2.32. The first-order valence-electron chi connectivity index (χ1n) is 10.6. The van der Waals surface area contributed by atoms with Crippen molar-refractivity contribution in [1.82, 2.24) is 14.3 Å². The lowest BCUT2D eigenvalue weighted by molar-refractivity contribution is -0.112. The minimum atomic E-state index is -0.913. The van der Waals surface area contributed by atoms with Gasteiger partial charge in [0.05, 0.1) is 20.8 Å². The molecule has 5 rings (SSSR count). The summed E-state index contributed by atoms with van der Waals surface area (Å²) in [5.41, 5.74) is 7.53. The number of carbonyl (C=O) groups is 1. The standard InChI is InChI=1S/C26H16ClN5O2S2/c27-17-8-10-19(11-9-17)32-25(34)22(36-26(32)20(14-28)24(29)33)13-16-15-31(18-5-2-1-3-6-18)30-23(16)21-7-4-12-35-21/h1-13,15H,(H2,29,33). The van der Waals surface area contributed by atoms with Gasteiger partial charge in [0.15, 0.2) is 5.57 Å². The van der Waals surface area contributed by atoms with Crippen LogP contribution in [0, 0.1) is 11.3 Å². The fourth-order valence-corrected chi connectivity index (χ4v) is 5.59. The van der Waals surface area contributed by atoms with E-state index in [0.29, 0.717) is 26.5 Å². The molecule has 2 N–H and O–H groups in total. The third kappa shape index (κ3) is 4.41. The summed E-state index contributed by atoms with van der Waals surface area (Å²) in [7, 11) is 0. The van der Waals surface area contributed by atoms with E-state index in [-0.39, 0.29) is 10.2 Å². The van der Waals surface area contributed by atoms with Crippen LogP contribution in [0.2, 0.25) is 5.02 Å². The average molecular weight is 530 g/mol. The van der Waals surface area contributed by atoms with Gasteiger partial charge in [-0.05, 0) is 53.9 Å². The number of nitrogens with zero attached hydrogens (tertiary/aromatic N) is 4. The molecule has 0 aliphatic heterocycles. The van der Waals surface area contributed by atoms with E-state index in [2.05, 4.69) is 0 Å². The highest BCUT2D eigenvalue weighted by atomic mass is 35.5. The minimum absolute atomic E-state index is 0.150. The number of primary amides is 1. The molecular formula is C26H16ClN5O2S2. The van der Waals surface area contributed by atoms with E-state index in [1.807, 2.05) is 60.1 Å². The average Bonchev–Trinajstić information content (AvgIpc) is 3.61. The van der Waals surface area contributed by atoms with Crippen LogP contribution in [0.25, 0.3) is 33.6 Å². The van der Waals surface area contributed by atoms with Crippen LogP contribution in [0.5, 0.6) is 0 Å². The Morgan fingerprint density at radius 2 is 1.81 bits per heavy atom. The highest BCUT2D eigenvalue weighted by Crippen LogP contribution is 2.28. The van der Waals surface area contributed by atoms with Crippen molar-refractivity contribution in [3.63, 3.8) is 0 Å². The van der Waals surface area contributed by atoms with Gasteiger partial charge < -0.3 is 5.73 Å². The largest absolute Gasteiger partial charge is 0.365 e. The number of amides is 1. The Morgan fingerprint density at radius 1 is 1.06 bits per heavy atom. The summed E-state index contributed by atoms with van der Waals surface area (Å²) in [6.07, 6.45) is 3.57. The van der Waals surface area contributed by atoms with Crippen LogP contribution in [0.15, 0.2) is 83.1 Å². The summed E-state index contributed by atoms with van der Waals surface area (Å²) in [5.74, 6) is -0.913. The van der Waals surface area contributed by atoms with Gasteiger partial charge >= 0.3 is 0 Å². The molecule has 10 heteroatoms. The van der Waals surface area contributed by atoms with Gasteiger partial charge in [-0.3, -0.25) is 14.2 Å². The quantitative estimate of drug-likeness (QED) is 0.376. The molecule has 0 fully saturated rings. The summed E-state index contributed by atoms with van der Waals surface area (Å²) < 4.78 is 3.53. The molecule has 0 saturated heterocycles. The lowest BCUT2D eigenvalue weighted by Gasteiger charge is -2.02. The zero-order valence-electron chi connectivity index (χ0n) is 18.5. The molecule has 7 nitrogen and oxygen atoms in total. The third-order valence-electron chi connectivity index (χ3n) is 5.28. The predicted octanol–water partition coefficient (Wildman–Crippen LogP) is 3.45. The Balaban J connectivity index is 1.80. The van der Waals surface area contributed by atoms with E-state index in [9.17, 15) is 14.9 Å². The monoisotopic (exact) mass is 529 g/mol. The van der Waals surface area contributed by atoms with Crippen molar-refractivity contribution >= 4 is 51.8 Å². The van der Waals surface area contributed by atoms with Crippen molar-refractivity contribution in [3.05, 3.63) is 108 Å². The summed E-state index contributed by atoms with van der Waals surface area (Å²) >= 11 is 8.58. The van der Waals surface area contributed by atoms with Crippen molar-refractivity contribution < 1.29 is 4.79 Å². The topological polar surface area (TPSA) is 107 Å². The van der Waals surface area contributed by atoms with Gasteiger partial charge in [-0.15, -0.1) is 22.7 Å². The van der Waals surface area contributed by atoms with Crippen molar-refractivity contribution in [1.29, 1.82) is 5.26 Å². The number of benzene rings is 2. The van der Waals surface area contributed by atoms with Crippen molar-refractivity contribution in [3.8, 4) is 28.0 Å². The van der Waals surface area contributed by atoms with E-state index in [0.717, 1.165) is 21.9 Å². The molecule has 0 aliphatic rings. The van der Waals surface area contributed by atoms with E-state index in [1.165, 1.54) is 15.9 Å². The summed E-state index contributed by atoms with van der Waals surface area (Å²) in [5, 5.41) is 16.8. The number of thiophene rings is 1. The van der Waals surface area contributed by atoms with Gasteiger partial charge in [-0.25, -0.2) is 4.68 Å². The molecular weight excluding hydrogens is 514 g/mol. The van der Waals surface area contributed by atoms with Crippen LogP contribution in [0.1, 0.15) is 5.56 Å². The summed E-state index contributed by atoms with van der Waals surface area (Å²) in [6, 6.07) is 21.9. The smallest absolute Gasteiger partial charge is 0.273 e. The molecule has 5 aromatic rings. The van der Waals surface area contributed by atoms with Crippen molar-refractivity contribution in [2.45, 2.75) is 0 Å². The number of halogens is 1. The van der Waals surface area contributed by atoms with E-state index < -0.39 is 11.5 Å². The van der Waals surface area contributed by atoms with E-state index >= 15 is 0 Å². The molecule has 0 bridgehead atoms. The number of nitriles is 1. The van der Waals surface area contributed by atoms with Gasteiger partial charge in [0.25, 0.3) is 11.5 Å². The first kappa shape index (κ1) is 23.5. The second kappa shape index (κ2) is 9.79. The number of rotatable bonds is 5. The number of thiazole rings is 1. The molecule has 0 unspecified atom stereocenters. The molecule has 2 aromatic carbocycles. The van der Waals surface area contributed by atoms with Crippen LogP contribution in [-0.4, -0.2) is 20.3 Å². The van der Waals surface area contributed by atoms with Gasteiger partial charge in [-0.1, -0.05) is 35.9 Å². The normalized spacial score (nSPS) is 12.4. The Hall–Kier alpha value is -4.23. The number of hydrogen-bond acceptors (Lipinski definition) is 6. The molecule has 0 radical (unpaired) electrons. The van der Waals surface area contributed by atoms with E-state index in [4.69, 9.17) is 22.4 Å². The fraction of sp³-hybridized carbons (Fsp3) is 0. The maximum atomic E-state index is 13.6. The van der Waals surface area contributed by atoms with Gasteiger partial charge in [0.2, 0.25) is 0 Å². The lowest BCUT2D eigenvalue weighted by atomic mass is 10.2. The first-order chi connectivity index (χ1) is 17.5. The maximum absolute atomic E-state index is 13.6. The van der Waals surface area contributed by atoms with Crippen molar-refractivity contribution in [2.75, 3.05) is 0 Å². The minimum Gasteiger partial charge on any atom is -0.365 e. The fourth-order valence-electron chi connectivity index (χ4n) is 3.63.